The monoisotopic (exact) mass is 263 g/mol. The lowest BCUT2D eigenvalue weighted by molar-refractivity contribution is -0.132. The minimum atomic E-state index is -0.705. The van der Waals surface area contributed by atoms with Gasteiger partial charge in [-0.1, -0.05) is 25.0 Å². The molecule has 1 saturated carbocycles. The van der Waals surface area contributed by atoms with Gasteiger partial charge in [-0.15, -0.1) is 0 Å². The van der Waals surface area contributed by atoms with Gasteiger partial charge in [-0.05, 0) is 30.5 Å². The molecule has 1 aliphatic rings. The van der Waals surface area contributed by atoms with Gasteiger partial charge >= 0.3 is 0 Å². The molecule has 0 aliphatic heterocycles. The Morgan fingerprint density at radius 1 is 1.37 bits per heavy atom. The molecule has 4 heteroatoms. The Hall–Kier alpha value is -1.55. The van der Waals surface area contributed by atoms with E-state index in [-0.39, 0.29) is 18.1 Å². The molecule has 0 aromatic heterocycles. The van der Waals surface area contributed by atoms with E-state index in [1.54, 1.807) is 30.1 Å². The maximum absolute atomic E-state index is 12.1. The number of nitrogens with zero attached hydrogens (tertiary/aromatic N) is 1. The molecule has 2 rings (SSSR count). The molecule has 19 heavy (non-hydrogen) atoms. The summed E-state index contributed by atoms with van der Waals surface area (Å²) in [6.45, 7) is 0.394. The van der Waals surface area contributed by atoms with Crippen LogP contribution in [0.15, 0.2) is 24.3 Å². The first-order valence-corrected chi connectivity index (χ1v) is 6.73. The Bertz CT molecular complexity index is 452. The van der Waals surface area contributed by atoms with E-state index in [2.05, 4.69) is 0 Å². The molecule has 0 bridgehead atoms. The smallest absolute Gasteiger partial charge is 0.226 e. The van der Waals surface area contributed by atoms with Crippen LogP contribution < -0.4 is 0 Å². The number of hydrogen-bond acceptors (Lipinski definition) is 3. The highest BCUT2D eigenvalue weighted by atomic mass is 16.3. The van der Waals surface area contributed by atoms with Gasteiger partial charge < -0.3 is 15.1 Å². The third-order valence-corrected chi connectivity index (χ3v) is 3.76. The summed E-state index contributed by atoms with van der Waals surface area (Å²) in [5.74, 6) is 0.133. The van der Waals surface area contributed by atoms with E-state index in [0.29, 0.717) is 6.54 Å². The number of amides is 1. The molecule has 0 saturated heterocycles. The van der Waals surface area contributed by atoms with Crippen molar-refractivity contribution in [3.8, 4) is 5.75 Å². The first kappa shape index (κ1) is 13.9. The minimum Gasteiger partial charge on any atom is -0.508 e. The second-order valence-corrected chi connectivity index (χ2v) is 5.53. The zero-order chi connectivity index (χ0) is 13.9. The van der Waals surface area contributed by atoms with Gasteiger partial charge in [0.2, 0.25) is 5.91 Å². The summed E-state index contributed by atoms with van der Waals surface area (Å²) < 4.78 is 0. The highest BCUT2D eigenvalue weighted by Gasteiger charge is 2.33. The lowest BCUT2D eigenvalue weighted by atomic mass is 10.0. The summed E-state index contributed by atoms with van der Waals surface area (Å²) in [7, 11) is 1.72. The third kappa shape index (κ3) is 3.70. The molecule has 0 spiro atoms. The predicted octanol–water partition coefficient (Wildman–Crippen LogP) is 1.70. The summed E-state index contributed by atoms with van der Waals surface area (Å²) in [5, 5.41) is 19.7. The maximum atomic E-state index is 12.1. The normalized spacial score (nSPS) is 17.4. The van der Waals surface area contributed by atoms with Crippen LogP contribution in [0.2, 0.25) is 0 Å². The molecule has 0 radical (unpaired) electrons. The van der Waals surface area contributed by atoms with Crippen molar-refractivity contribution in [2.45, 2.75) is 37.7 Å². The van der Waals surface area contributed by atoms with Crippen molar-refractivity contribution in [1.82, 2.24) is 4.90 Å². The van der Waals surface area contributed by atoms with E-state index in [0.717, 1.165) is 31.2 Å². The van der Waals surface area contributed by atoms with Crippen LogP contribution in [0.5, 0.6) is 5.75 Å². The average molecular weight is 263 g/mol. The standard InChI is InChI=1S/C15H21NO3/c1-16(11-15(19)7-2-3-8-15)14(18)10-12-5-4-6-13(17)9-12/h4-6,9,17,19H,2-3,7-8,10-11H2,1H3. The third-order valence-electron chi connectivity index (χ3n) is 3.76. The van der Waals surface area contributed by atoms with Gasteiger partial charge in [0.1, 0.15) is 5.75 Å². The molecule has 1 aromatic carbocycles. The Labute approximate surface area is 113 Å². The van der Waals surface area contributed by atoms with Crippen LogP contribution in [0.25, 0.3) is 0 Å². The molecular weight excluding hydrogens is 242 g/mol. The molecule has 1 fully saturated rings. The quantitative estimate of drug-likeness (QED) is 0.869. The molecular formula is C15H21NO3. The van der Waals surface area contributed by atoms with Gasteiger partial charge in [0.25, 0.3) is 0 Å². The average Bonchev–Trinajstić information content (AvgIpc) is 2.75. The molecule has 0 unspecified atom stereocenters. The predicted molar refractivity (Wildman–Crippen MR) is 72.9 cm³/mol. The number of carbonyl (C=O) groups is 1. The second kappa shape index (κ2) is 5.61. The van der Waals surface area contributed by atoms with Crippen LogP contribution in [-0.2, 0) is 11.2 Å². The fourth-order valence-corrected chi connectivity index (χ4v) is 2.70. The number of rotatable bonds is 4. The van der Waals surface area contributed by atoms with Crippen molar-refractivity contribution in [2.75, 3.05) is 13.6 Å². The molecule has 104 valence electrons. The number of benzene rings is 1. The number of likely N-dealkylation sites (N-methyl/N-ethyl adjacent to an activating group) is 1. The van der Waals surface area contributed by atoms with E-state index in [1.807, 2.05) is 6.07 Å². The van der Waals surface area contributed by atoms with Crippen LogP contribution in [0.4, 0.5) is 0 Å². The van der Waals surface area contributed by atoms with Gasteiger partial charge in [0.15, 0.2) is 0 Å². The van der Waals surface area contributed by atoms with Crippen LogP contribution in [-0.4, -0.2) is 40.2 Å². The van der Waals surface area contributed by atoms with Crippen molar-refractivity contribution in [3.05, 3.63) is 29.8 Å². The molecule has 2 N–H and O–H groups in total. The molecule has 0 heterocycles. The van der Waals surface area contributed by atoms with E-state index in [4.69, 9.17) is 0 Å². The highest BCUT2D eigenvalue weighted by molar-refractivity contribution is 5.78. The Morgan fingerprint density at radius 3 is 2.68 bits per heavy atom. The number of phenolic OH excluding ortho intramolecular Hbond substituents is 1. The molecule has 4 nitrogen and oxygen atoms in total. The Kier molecular flexibility index (Phi) is 4.10. The second-order valence-electron chi connectivity index (χ2n) is 5.53. The number of aromatic hydroxyl groups is 1. The van der Waals surface area contributed by atoms with Crippen LogP contribution in [0.1, 0.15) is 31.2 Å². The van der Waals surface area contributed by atoms with E-state index >= 15 is 0 Å². The summed E-state index contributed by atoms with van der Waals surface area (Å²) in [6.07, 6.45) is 3.87. The number of carbonyl (C=O) groups excluding carboxylic acids is 1. The van der Waals surface area contributed by atoms with Gasteiger partial charge in [-0.25, -0.2) is 0 Å². The van der Waals surface area contributed by atoms with E-state index < -0.39 is 5.60 Å². The Balaban J connectivity index is 1.92. The zero-order valence-electron chi connectivity index (χ0n) is 11.3. The summed E-state index contributed by atoms with van der Waals surface area (Å²) in [5.41, 5.74) is 0.0822. The van der Waals surface area contributed by atoms with Gasteiger partial charge in [-0.3, -0.25) is 4.79 Å². The molecule has 1 aromatic rings. The zero-order valence-corrected chi connectivity index (χ0v) is 11.3. The van der Waals surface area contributed by atoms with Gasteiger partial charge in [0.05, 0.1) is 12.0 Å². The number of hydrogen-bond donors (Lipinski definition) is 2. The van der Waals surface area contributed by atoms with Crippen molar-refractivity contribution < 1.29 is 15.0 Å². The summed E-state index contributed by atoms with van der Waals surface area (Å²) in [4.78, 5) is 13.7. The minimum absolute atomic E-state index is 0.0362. The fourth-order valence-electron chi connectivity index (χ4n) is 2.70. The van der Waals surface area contributed by atoms with Crippen molar-refractivity contribution >= 4 is 5.91 Å². The lowest BCUT2D eigenvalue weighted by Crippen LogP contribution is -2.42. The highest BCUT2D eigenvalue weighted by Crippen LogP contribution is 2.30. The van der Waals surface area contributed by atoms with E-state index in [9.17, 15) is 15.0 Å². The van der Waals surface area contributed by atoms with Crippen LogP contribution in [0, 0.1) is 0 Å². The molecule has 1 aliphatic carbocycles. The largest absolute Gasteiger partial charge is 0.508 e. The number of phenols is 1. The summed E-state index contributed by atoms with van der Waals surface area (Å²) in [6, 6.07) is 6.72. The topological polar surface area (TPSA) is 60.8 Å². The van der Waals surface area contributed by atoms with Crippen LogP contribution in [0.3, 0.4) is 0 Å². The Morgan fingerprint density at radius 2 is 2.05 bits per heavy atom. The number of aliphatic hydroxyl groups is 1. The SMILES string of the molecule is CN(CC1(O)CCCC1)C(=O)Cc1cccc(O)c1. The summed E-state index contributed by atoms with van der Waals surface area (Å²) >= 11 is 0. The van der Waals surface area contributed by atoms with Crippen LogP contribution >= 0.6 is 0 Å². The fraction of sp³-hybridized carbons (Fsp3) is 0.533. The maximum Gasteiger partial charge on any atom is 0.226 e. The van der Waals surface area contributed by atoms with Gasteiger partial charge in [0, 0.05) is 13.6 Å². The van der Waals surface area contributed by atoms with Crippen molar-refractivity contribution in [3.63, 3.8) is 0 Å². The van der Waals surface area contributed by atoms with Crippen molar-refractivity contribution in [2.24, 2.45) is 0 Å². The van der Waals surface area contributed by atoms with E-state index in [1.165, 1.54) is 0 Å². The van der Waals surface area contributed by atoms with Crippen molar-refractivity contribution in [1.29, 1.82) is 0 Å². The molecule has 0 atom stereocenters. The first-order chi connectivity index (χ1) is 8.98. The lowest BCUT2D eigenvalue weighted by Gasteiger charge is -2.28. The van der Waals surface area contributed by atoms with Gasteiger partial charge in [-0.2, -0.15) is 0 Å². The molecule has 1 amide bonds. The first-order valence-electron chi connectivity index (χ1n) is 6.73.